The predicted octanol–water partition coefficient (Wildman–Crippen LogP) is 4.94. The molecule has 0 bridgehead atoms. The van der Waals surface area contributed by atoms with Gasteiger partial charge in [0, 0.05) is 16.1 Å². The topological polar surface area (TPSA) is 54.9 Å². The summed E-state index contributed by atoms with van der Waals surface area (Å²) in [7, 11) is 0. The van der Waals surface area contributed by atoms with Crippen molar-refractivity contribution in [2.45, 2.75) is 32.6 Å². The number of nitrogens with zero attached hydrogens (tertiary/aromatic N) is 2. The van der Waals surface area contributed by atoms with Gasteiger partial charge in [-0.1, -0.05) is 0 Å². The normalized spacial score (nSPS) is 13.2. The Morgan fingerprint density at radius 3 is 2.62 bits per heavy atom. The van der Waals surface area contributed by atoms with E-state index in [0.29, 0.717) is 0 Å². The molecular weight excluding hydrogens is 342 g/mol. The maximum atomic E-state index is 11.4. The van der Waals surface area contributed by atoms with Crippen molar-refractivity contribution in [3.63, 3.8) is 0 Å². The lowest BCUT2D eigenvalue weighted by Crippen LogP contribution is -2.01. The number of carbonyl (C=O) groups is 1. The third-order valence-electron chi connectivity index (χ3n) is 4.31. The largest absolute Gasteiger partial charge is 0.340 e. The molecule has 0 aliphatic heterocycles. The highest BCUT2D eigenvalue weighted by atomic mass is 35.5. The maximum Gasteiger partial charge on any atom is 0.159 e. The Morgan fingerprint density at radius 2 is 1.88 bits per heavy atom. The molecule has 0 unspecified atom stereocenters. The summed E-state index contributed by atoms with van der Waals surface area (Å²) in [5, 5.41) is 4.56. The number of aromatic nitrogens is 2. The van der Waals surface area contributed by atoms with E-state index in [9.17, 15) is 4.79 Å². The third-order valence-corrected chi connectivity index (χ3v) is 5.51. The van der Waals surface area contributed by atoms with E-state index in [1.807, 2.05) is 24.3 Å². The number of ketones is 1. The van der Waals surface area contributed by atoms with Crippen LogP contribution < -0.4 is 5.32 Å². The lowest BCUT2D eigenvalue weighted by atomic mass is 9.97. The molecule has 0 saturated heterocycles. The van der Waals surface area contributed by atoms with Crippen molar-refractivity contribution in [3.8, 4) is 0 Å². The predicted molar refractivity (Wildman–Crippen MR) is 101 cm³/mol. The molecule has 0 saturated carbocycles. The van der Waals surface area contributed by atoms with Crippen LogP contribution in [0.3, 0.4) is 0 Å². The number of fused-ring (bicyclic) bond motifs is 3. The molecule has 0 spiro atoms. The molecule has 1 aromatic carbocycles. The van der Waals surface area contributed by atoms with Crippen LogP contribution in [0.15, 0.2) is 30.6 Å². The molecule has 24 heavy (non-hydrogen) atoms. The molecule has 3 aromatic rings. The molecule has 124 valence electrons. The van der Waals surface area contributed by atoms with Gasteiger partial charge < -0.3 is 5.32 Å². The fourth-order valence-electron chi connectivity index (χ4n) is 3.11. The summed E-state index contributed by atoms with van der Waals surface area (Å²) in [5.41, 5.74) is 3.07. The molecule has 0 radical (unpaired) electrons. The minimum atomic E-state index is 0. The van der Waals surface area contributed by atoms with Crippen LogP contribution in [0, 0.1) is 0 Å². The second kappa shape index (κ2) is 6.87. The van der Waals surface area contributed by atoms with Gasteiger partial charge in [-0.3, -0.25) is 4.79 Å². The summed E-state index contributed by atoms with van der Waals surface area (Å²) >= 11 is 1.80. The first kappa shape index (κ1) is 16.9. The Kier molecular flexibility index (Phi) is 4.83. The quantitative estimate of drug-likeness (QED) is 0.673. The van der Waals surface area contributed by atoms with E-state index in [4.69, 9.17) is 0 Å². The van der Waals surface area contributed by atoms with E-state index < -0.39 is 0 Å². The zero-order valence-electron chi connectivity index (χ0n) is 13.3. The van der Waals surface area contributed by atoms with Crippen LogP contribution in [0.4, 0.5) is 11.5 Å². The van der Waals surface area contributed by atoms with Crippen LogP contribution in [-0.4, -0.2) is 15.8 Å². The number of thiophene rings is 1. The minimum Gasteiger partial charge on any atom is -0.340 e. The number of nitrogens with one attached hydrogen (secondary N) is 1. The van der Waals surface area contributed by atoms with Crippen LogP contribution in [-0.2, 0) is 12.8 Å². The van der Waals surface area contributed by atoms with Gasteiger partial charge in [-0.05, 0) is 62.4 Å². The molecule has 6 heteroatoms. The van der Waals surface area contributed by atoms with Gasteiger partial charge in [0.2, 0.25) is 0 Å². The summed E-state index contributed by atoms with van der Waals surface area (Å²) in [6.07, 6.45) is 6.39. The highest BCUT2D eigenvalue weighted by Gasteiger charge is 2.19. The average Bonchev–Trinajstić information content (AvgIpc) is 2.95. The lowest BCUT2D eigenvalue weighted by Gasteiger charge is -2.12. The first-order chi connectivity index (χ1) is 11.2. The zero-order valence-corrected chi connectivity index (χ0v) is 15.0. The number of rotatable bonds is 3. The molecule has 0 fully saturated rings. The van der Waals surface area contributed by atoms with E-state index in [0.717, 1.165) is 34.7 Å². The van der Waals surface area contributed by atoms with Crippen molar-refractivity contribution in [1.29, 1.82) is 0 Å². The number of halogens is 1. The number of anilines is 2. The number of hydrogen-bond donors (Lipinski definition) is 1. The minimum absolute atomic E-state index is 0. The second-order valence-corrected chi connectivity index (χ2v) is 6.96. The number of benzene rings is 1. The molecule has 1 aliphatic rings. The SMILES string of the molecule is CC(=O)c1ccc(Nc2ncnc3sc4c(c23)CCCC4)cc1.Cl. The molecule has 0 amide bonds. The molecule has 4 nitrogen and oxygen atoms in total. The van der Waals surface area contributed by atoms with Crippen molar-refractivity contribution in [1.82, 2.24) is 9.97 Å². The van der Waals surface area contributed by atoms with Crippen molar-refractivity contribution < 1.29 is 4.79 Å². The van der Waals surface area contributed by atoms with Gasteiger partial charge in [0.1, 0.15) is 17.0 Å². The summed E-state index contributed by atoms with van der Waals surface area (Å²) < 4.78 is 0. The average molecular weight is 360 g/mol. The number of carbonyl (C=O) groups excluding carboxylic acids is 1. The van der Waals surface area contributed by atoms with E-state index in [1.54, 1.807) is 24.6 Å². The molecule has 0 atom stereocenters. The Morgan fingerprint density at radius 1 is 1.12 bits per heavy atom. The zero-order chi connectivity index (χ0) is 15.8. The highest BCUT2D eigenvalue weighted by Crippen LogP contribution is 2.38. The lowest BCUT2D eigenvalue weighted by molar-refractivity contribution is 0.101. The fourth-order valence-corrected chi connectivity index (χ4v) is 4.34. The van der Waals surface area contributed by atoms with E-state index >= 15 is 0 Å². The molecule has 4 rings (SSSR count). The molecule has 1 N–H and O–H groups in total. The van der Waals surface area contributed by atoms with E-state index in [-0.39, 0.29) is 18.2 Å². The Labute approximate surface area is 150 Å². The molecule has 2 aromatic heterocycles. The number of aryl methyl sites for hydroxylation is 2. The van der Waals surface area contributed by atoms with Crippen molar-refractivity contribution in [2.24, 2.45) is 0 Å². The summed E-state index contributed by atoms with van der Waals surface area (Å²) in [5.74, 6) is 0.942. The summed E-state index contributed by atoms with van der Waals surface area (Å²) in [6.45, 7) is 1.58. The standard InChI is InChI=1S/C18H17N3OS.ClH/c1-11(22)12-6-8-13(9-7-12)21-17-16-14-4-2-3-5-15(14)23-18(16)20-10-19-17;/h6-10H,2-5H2,1H3,(H,19,20,21);1H. The molecular formula is C18H18ClN3OS. The van der Waals surface area contributed by atoms with Crippen LogP contribution in [0.5, 0.6) is 0 Å². The van der Waals surface area contributed by atoms with Gasteiger partial charge in [-0.2, -0.15) is 0 Å². The van der Waals surface area contributed by atoms with Crippen LogP contribution in [0.1, 0.15) is 40.6 Å². The number of hydrogen-bond acceptors (Lipinski definition) is 5. The second-order valence-electron chi connectivity index (χ2n) is 5.87. The summed E-state index contributed by atoms with van der Waals surface area (Å²) in [4.78, 5) is 22.8. The monoisotopic (exact) mass is 359 g/mol. The Bertz CT molecular complexity index is 889. The fraction of sp³-hybridized carbons (Fsp3) is 0.278. The van der Waals surface area contributed by atoms with Crippen LogP contribution in [0.25, 0.3) is 10.2 Å². The van der Waals surface area contributed by atoms with Gasteiger partial charge in [0.05, 0.1) is 5.39 Å². The Hall–Kier alpha value is -1.98. The van der Waals surface area contributed by atoms with Crippen molar-refractivity contribution in [2.75, 3.05) is 5.32 Å². The van der Waals surface area contributed by atoms with Gasteiger partial charge in [0.25, 0.3) is 0 Å². The Balaban J connectivity index is 0.00000169. The van der Waals surface area contributed by atoms with Gasteiger partial charge in [-0.15, -0.1) is 23.7 Å². The first-order valence-electron chi connectivity index (χ1n) is 7.85. The first-order valence-corrected chi connectivity index (χ1v) is 8.67. The third kappa shape index (κ3) is 3.01. The van der Waals surface area contributed by atoms with Crippen molar-refractivity contribution in [3.05, 3.63) is 46.6 Å². The van der Waals surface area contributed by atoms with Crippen LogP contribution >= 0.6 is 23.7 Å². The highest BCUT2D eigenvalue weighted by molar-refractivity contribution is 7.19. The van der Waals surface area contributed by atoms with E-state index in [2.05, 4.69) is 15.3 Å². The van der Waals surface area contributed by atoms with Gasteiger partial charge >= 0.3 is 0 Å². The van der Waals surface area contributed by atoms with Gasteiger partial charge in [-0.25, -0.2) is 9.97 Å². The number of Topliss-reactive ketones (excluding diaryl/α,β-unsaturated/α-hetero) is 1. The molecule has 1 aliphatic carbocycles. The van der Waals surface area contributed by atoms with Gasteiger partial charge in [0.15, 0.2) is 5.78 Å². The molecule has 2 heterocycles. The summed E-state index contributed by atoms with van der Waals surface area (Å²) in [6, 6.07) is 7.52. The maximum absolute atomic E-state index is 11.4. The van der Waals surface area contributed by atoms with E-state index in [1.165, 1.54) is 28.7 Å². The smallest absolute Gasteiger partial charge is 0.159 e. The van der Waals surface area contributed by atoms with Crippen LogP contribution in [0.2, 0.25) is 0 Å². The van der Waals surface area contributed by atoms with Crippen molar-refractivity contribution >= 4 is 51.2 Å².